The summed E-state index contributed by atoms with van der Waals surface area (Å²) in [6.45, 7) is 4.56. The maximum atomic E-state index is 12.2. The van der Waals surface area contributed by atoms with Gasteiger partial charge in [0.2, 0.25) is 5.91 Å². The lowest BCUT2D eigenvalue weighted by atomic mass is 10.0. The number of likely N-dealkylation sites (N-methyl/N-ethyl adjacent to an activating group) is 2. The van der Waals surface area contributed by atoms with E-state index in [-0.39, 0.29) is 5.91 Å². The van der Waals surface area contributed by atoms with Crippen molar-refractivity contribution in [1.82, 2.24) is 14.4 Å². The number of carbonyl (C=O) groups excluding carboxylic acids is 1. The van der Waals surface area contributed by atoms with Gasteiger partial charge in [-0.05, 0) is 38.1 Å². The molecule has 4 nitrogen and oxygen atoms in total. The van der Waals surface area contributed by atoms with Gasteiger partial charge in [-0.2, -0.15) is 0 Å². The molecule has 112 valence electrons. The van der Waals surface area contributed by atoms with Gasteiger partial charge < -0.3 is 14.4 Å². The summed E-state index contributed by atoms with van der Waals surface area (Å²) in [7, 11) is 5.78. The number of hydrogen-bond donors (Lipinski definition) is 0. The molecule has 0 saturated heterocycles. The quantitative estimate of drug-likeness (QED) is 0.844. The number of carbonyl (C=O) groups is 1. The van der Waals surface area contributed by atoms with Crippen LogP contribution in [0, 0.1) is 6.92 Å². The molecule has 0 aliphatic carbocycles. The van der Waals surface area contributed by atoms with Crippen molar-refractivity contribution in [3.8, 4) is 0 Å². The summed E-state index contributed by atoms with van der Waals surface area (Å²) in [5.41, 5.74) is 5.20. The molecule has 1 aliphatic heterocycles. The van der Waals surface area contributed by atoms with E-state index in [2.05, 4.69) is 41.6 Å². The van der Waals surface area contributed by atoms with Crippen molar-refractivity contribution in [2.24, 2.45) is 0 Å². The van der Waals surface area contributed by atoms with Gasteiger partial charge in [0, 0.05) is 43.8 Å². The summed E-state index contributed by atoms with van der Waals surface area (Å²) in [6.07, 6.45) is 1.06. The Labute approximate surface area is 125 Å². The van der Waals surface area contributed by atoms with Crippen molar-refractivity contribution < 1.29 is 4.79 Å². The molecule has 0 saturated carbocycles. The first-order valence-electron chi connectivity index (χ1n) is 7.46. The molecular weight excluding hydrogens is 262 g/mol. The average Bonchev–Trinajstić information content (AvgIpc) is 2.72. The van der Waals surface area contributed by atoms with E-state index < -0.39 is 0 Å². The van der Waals surface area contributed by atoms with E-state index in [0.29, 0.717) is 6.54 Å². The number of benzene rings is 1. The summed E-state index contributed by atoms with van der Waals surface area (Å²) in [6, 6.07) is 6.55. The van der Waals surface area contributed by atoms with E-state index in [4.69, 9.17) is 0 Å². The van der Waals surface area contributed by atoms with Crippen molar-refractivity contribution in [2.75, 3.05) is 27.7 Å². The number of rotatable bonds is 2. The van der Waals surface area contributed by atoms with Gasteiger partial charge >= 0.3 is 0 Å². The number of aryl methyl sites for hydroxylation is 1. The molecule has 3 rings (SSSR count). The molecule has 1 aliphatic rings. The predicted molar refractivity (Wildman–Crippen MR) is 85.4 cm³/mol. The smallest absolute Gasteiger partial charge is 0.242 e. The first-order valence-corrected chi connectivity index (χ1v) is 7.46. The maximum absolute atomic E-state index is 12.2. The van der Waals surface area contributed by atoms with Crippen molar-refractivity contribution >= 4 is 16.8 Å². The number of amides is 1. The van der Waals surface area contributed by atoms with E-state index in [9.17, 15) is 4.79 Å². The largest absolute Gasteiger partial charge is 0.347 e. The SMILES string of the molecule is Cc1ccc2c(c1)c1c(n2CC(=O)N(C)C)CN(C)CC1. The Morgan fingerprint density at radius 3 is 2.81 bits per heavy atom. The zero-order valence-corrected chi connectivity index (χ0v) is 13.3. The van der Waals surface area contributed by atoms with Gasteiger partial charge in [0.15, 0.2) is 0 Å². The monoisotopic (exact) mass is 285 g/mol. The molecule has 1 amide bonds. The fourth-order valence-corrected chi connectivity index (χ4v) is 3.15. The third kappa shape index (κ3) is 2.44. The summed E-state index contributed by atoms with van der Waals surface area (Å²) in [5.74, 6) is 0.142. The Kier molecular flexibility index (Phi) is 3.49. The fourth-order valence-electron chi connectivity index (χ4n) is 3.15. The second kappa shape index (κ2) is 5.19. The summed E-state index contributed by atoms with van der Waals surface area (Å²) in [5, 5.41) is 1.32. The normalized spacial score (nSPS) is 15.2. The van der Waals surface area contributed by atoms with E-state index in [1.54, 1.807) is 4.90 Å². The molecule has 1 aromatic carbocycles. The number of fused-ring (bicyclic) bond motifs is 3. The van der Waals surface area contributed by atoms with Gasteiger partial charge in [0.05, 0.1) is 0 Å². The highest BCUT2D eigenvalue weighted by atomic mass is 16.2. The maximum Gasteiger partial charge on any atom is 0.242 e. The highest BCUT2D eigenvalue weighted by Gasteiger charge is 2.23. The number of aromatic nitrogens is 1. The van der Waals surface area contributed by atoms with Gasteiger partial charge in [0.1, 0.15) is 6.54 Å². The molecule has 0 spiro atoms. The van der Waals surface area contributed by atoms with E-state index in [1.165, 1.54) is 27.7 Å². The third-order valence-electron chi connectivity index (χ3n) is 4.40. The van der Waals surface area contributed by atoms with Crippen LogP contribution in [-0.2, 0) is 24.3 Å². The number of nitrogens with zero attached hydrogens (tertiary/aromatic N) is 3. The Morgan fingerprint density at radius 2 is 2.10 bits per heavy atom. The topological polar surface area (TPSA) is 28.5 Å². The van der Waals surface area contributed by atoms with Crippen LogP contribution >= 0.6 is 0 Å². The minimum Gasteiger partial charge on any atom is -0.347 e. The molecule has 0 unspecified atom stereocenters. The van der Waals surface area contributed by atoms with Gasteiger partial charge in [-0.15, -0.1) is 0 Å². The minimum atomic E-state index is 0.142. The Hall–Kier alpha value is -1.81. The molecule has 0 N–H and O–H groups in total. The van der Waals surface area contributed by atoms with Gasteiger partial charge in [-0.1, -0.05) is 11.6 Å². The Balaban J connectivity index is 2.17. The van der Waals surface area contributed by atoms with Gasteiger partial charge in [-0.3, -0.25) is 4.79 Å². The van der Waals surface area contributed by atoms with E-state index >= 15 is 0 Å². The average molecular weight is 285 g/mol. The van der Waals surface area contributed by atoms with Crippen molar-refractivity contribution in [1.29, 1.82) is 0 Å². The molecule has 0 radical (unpaired) electrons. The molecule has 0 fully saturated rings. The molecule has 4 heteroatoms. The lowest BCUT2D eigenvalue weighted by Crippen LogP contribution is -2.31. The van der Waals surface area contributed by atoms with Crippen LogP contribution in [0.3, 0.4) is 0 Å². The van der Waals surface area contributed by atoms with Crippen molar-refractivity contribution in [3.63, 3.8) is 0 Å². The van der Waals surface area contributed by atoms with Gasteiger partial charge in [-0.25, -0.2) is 0 Å². The zero-order valence-electron chi connectivity index (χ0n) is 13.3. The van der Waals surface area contributed by atoms with Crippen molar-refractivity contribution in [2.45, 2.75) is 26.4 Å². The first kappa shape index (κ1) is 14.1. The molecule has 0 bridgehead atoms. The zero-order chi connectivity index (χ0) is 15.1. The Morgan fingerprint density at radius 1 is 1.33 bits per heavy atom. The minimum absolute atomic E-state index is 0.142. The van der Waals surface area contributed by atoms with Gasteiger partial charge in [0.25, 0.3) is 0 Å². The summed E-state index contributed by atoms with van der Waals surface area (Å²) >= 11 is 0. The van der Waals surface area contributed by atoms with Crippen molar-refractivity contribution in [3.05, 3.63) is 35.0 Å². The highest BCUT2D eigenvalue weighted by Crippen LogP contribution is 2.31. The van der Waals surface area contributed by atoms with Crippen LogP contribution < -0.4 is 0 Å². The van der Waals surface area contributed by atoms with Crippen LogP contribution in [0.15, 0.2) is 18.2 Å². The molecule has 0 atom stereocenters. The second-order valence-corrected chi connectivity index (χ2v) is 6.31. The first-order chi connectivity index (χ1) is 9.97. The highest BCUT2D eigenvalue weighted by molar-refractivity contribution is 5.88. The lowest BCUT2D eigenvalue weighted by molar-refractivity contribution is -0.129. The second-order valence-electron chi connectivity index (χ2n) is 6.31. The Bertz CT molecular complexity index is 700. The number of hydrogen-bond acceptors (Lipinski definition) is 2. The molecule has 2 aromatic rings. The molecule has 2 heterocycles. The standard InChI is InChI=1S/C17H23N3O/c1-12-5-6-15-14(9-12)13-7-8-19(4)10-16(13)20(15)11-17(21)18(2)3/h5-6,9H,7-8,10-11H2,1-4H3. The van der Waals surface area contributed by atoms with Crippen LogP contribution in [0.25, 0.3) is 10.9 Å². The van der Waals surface area contributed by atoms with Crippen LogP contribution in [0.1, 0.15) is 16.8 Å². The molecule has 21 heavy (non-hydrogen) atoms. The molecular formula is C17H23N3O. The summed E-state index contributed by atoms with van der Waals surface area (Å²) < 4.78 is 2.21. The van der Waals surface area contributed by atoms with Crippen LogP contribution in [0.5, 0.6) is 0 Å². The van der Waals surface area contributed by atoms with Crippen LogP contribution in [-0.4, -0.2) is 48.0 Å². The predicted octanol–water partition coefficient (Wildman–Crippen LogP) is 2.03. The van der Waals surface area contributed by atoms with E-state index in [1.807, 2.05) is 14.1 Å². The van der Waals surface area contributed by atoms with E-state index in [0.717, 1.165) is 19.5 Å². The lowest BCUT2D eigenvalue weighted by Gasteiger charge is -2.25. The van der Waals surface area contributed by atoms with Crippen LogP contribution in [0.4, 0.5) is 0 Å². The molecule has 1 aromatic heterocycles. The summed E-state index contributed by atoms with van der Waals surface area (Å²) in [4.78, 5) is 16.2. The van der Waals surface area contributed by atoms with Crippen LogP contribution in [0.2, 0.25) is 0 Å². The fraction of sp³-hybridized carbons (Fsp3) is 0.471. The third-order valence-corrected chi connectivity index (χ3v) is 4.40.